The number of nitrogens with zero attached hydrogens (tertiary/aromatic N) is 2. The molecule has 0 fully saturated rings. The molecule has 2 aromatic rings. The predicted molar refractivity (Wildman–Crippen MR) is 93.6 cm³/mol. The number of carbonyl (C=O) groups is 1. The van der Waals surface area contributed by atoms with Crippen LogP contribution in [0.3, 0.4) is 0 Å². The van der Waals surface area contributed by atoms with Gasteiger partial charge in [0.1, 0.15) is 10.8 Å². The fourth-order valence-corrected chi connectivity index (χ4v) is 3.34. The molecule has 0 radical (unpaired) electrons. The molecular formula is C12H12Cl2N4O4S2. The summed E-state index contributed by atoms with van der Waals surface area (Å²) in [5.74, 6) is 0.0164. The maximum atomic E-state index is 11.8. The molecule has 0 atom stereocenters. The number of carbonyl (C=O) groups excluding carboxylic acids is 1. The standard InChI is InChI=1S/C12H12Cl2N4O4S2/c1-24(20,21)18-12-17-16-11(23-12)15-9(19)5-6-22-8-4-2-3-7(13)10(8)14/h2-4H,5-6H2,1H3,(H,17,18)(H,15,16,19). The first-order chi connectivity index (χ1) is 11.2. The maximum absolute atomic E-state index is 11.8. The molecule has 0 aliphatic heterocycles. The Morgan fingerprint density at radius 3 is 2.71 bits per heavy atom. The number of anilines is 2. The second-order valence-electron chi connectivity index (χ2n) is 4.49. The highest BCUT2D eigenvalue weighted by atomic mass is 35.5. The molecule has 1 aromatic carbocycles. The van der Waals surface area contributed by atoms with Crippen LogP contribution >= 0.6 is 34.5 Å². The second kappa shape index (κ2) is 7.97. The van der Waals surface area contributed by atoms with Crippen LogP contribution in [-0.2, 0) is 14.8 Å². The van der Waals surface area contributed by atoms with Crippen molar-refractivity contribution < 1.29 is 17.9 Å². The Balaban J connectivity index is 1.82. The highest BCUT2D eigenvalue weighted by Gasteiger charge is 2.12. The van der Waals surface area contributed by atoms with Crippen LogP contribution in [0.15, 0.2) is 18.2 Å². The molecule has 1 amide bonds. The van der Waals surface area contributed by atoms with Gasteiger partial charge in [-0.1, -0.05) is 40.6 Å². The van der Waals surface area contributed by atoms with E-state index in [1.165, 1.54) is 0 Å². The van der Waals surface area contributed by atoms with Crippen LogP contribution in [0, 0.1) is 0 Å². The normalized spacial score (nSPS) is 11.1. The topological polar surface area (TPSA) is 110 Å². The van der Waals surface area contributed by atoms with Crippen molar-refractivity contribution in [3.8, 4) is 5.75 Å². The van der Waals surface area contributed by atoms with E-state index in [1.54, 1.807) is 18.2 Å². The van der Waals surface area contributed by atoms with Crippen LogP contribution in [0.2, 0.25) is 10.0 Å². The average molecular weight is 411 g/mol. The zero-order chi connectivity index (χ0) is 17.7. The van der Waals surface area contributed by atoms with Gasteiger partial charge in [-0.3, -0.25) is 9.52 Å². The molecular weight excluding hydrogens is 399 g/mol. The Labute approximate surface area is 152 Å². The zero-order valence-corrected chi connectivity index (χ0v) is 15.4. The third-order valence-corrected chi connectivity index (χ3v) is 4.70. The van der Waals surface area contributed by atoms with Crippen LogP contribution in [0.5, 0.6) is 5.75 Å². The van der Waals surface area contributed by atoms with Gasteiger partial charge < -0.3 is 10.1 Å². The molecule has 0 spiro atoms. The van der Waals surface area contributed by atoms with Gasteiger partial charge in [-0.25, -0.2) is 8.42 Å². The molecule has 130 valence electrons. The largest absolute Gasteiger partial charge is 0.491 e. The van der Waals surface area contributed by atoms with Gasteiger partial charge in [0.2, 0.25) is 26.2 Å². The number of ether oxygens (including phenoxy) is 1. The second-order valence-corrected chi connectivity index (χ2v) is 8.00. The predicted octanol–water partition coefficient (Wildman–Crippen LogP) is 2.62. The zero-order valence-electron chi connectivity index (χ0n) is 12.2. The third kappa shape index (κ3) is 5.78. The van der Waals surface area contributed by atoms with Crippen molar-refractivity contribution in [2.45, 2.75) is 6.42 Å². The summed E-state index contributed by atoms with van der Waals surface area (Å²) in [5, 5.41) is 10.6. The summed E-state index contributed by atoms with van der Waals surface area (Å²) in [5.41, 5.74) is 0. The van der Waals surface area contributed by atoms with E-state index in [2.05, 4.69) is 20.2 Å². The van der Waals surface area contributed by atoms with Crippen molar-refractivity contribution in [3.63, 3.8) is 0 Å². The molecule has 0 saturated heterocycles. The lowest BCUT2D eigenvalue weighted by molar-refractivity contribution is -0.116. The number of nitrogens with one attached hydrogen (secondary N) is 2. The summed E-state index contributed by atoms with van der Waals surface area (Å²) in [6.07, 6.45) is 1.03. The number of hydrogen-bond acceptors (Lipinski definition) is 7. The van der Waals surface area contributed by atoms with E-state index < -0.39 is 10.0 Å². The van der Waals surface area contributed by atoms with Gasteiger partial charge in [0.15, 0.2) is 0 Å². The first-order valence-corrected chi connectivity index (χ1v) is 9.89. The van der Waals surface area contributed by atoms with Gasteiger partial charge in [0.05, 0.1) is 24.3 Å². The molecule has 24 heavy (non-hydrogen) atoms. The fraction of sp³-hybridized carbons (Fsp3) is 0.250. The van der Waals surface area contributed by atoms with Crippen molar-refractivity contribution in [3.05, 3.63) is 28.2 Å². The molecule has 12 heteroatoms. The lowest BCUT2D eigenvalue weighted by atomic mass is 10.3. The molecule has 2 N–H and O–H groups in total. The molecule has 1 aromatic heterocycles. The molecule has 0 saturated carbocycles. The minimum Gasteiger partial charge on any atom is -0.491 e. The molecule has 8 nitrogen and oxygen atoms in total. The molecule has 1 heterocycles. The Hall–Kier alpha value is -1.62. The first-order valence-electron chi connectivity index (χ1n) is 6.42. The molecule has 0 bridgehead atoms. The summed E-state index contributed by atoms with van der Waals surface area (Å²) in [6.45, 7) is 0.0825. The highest BCUT2D eigenvalue weighted by Crippen LogP contribution is 2.31. The van der Waals surface area contributed by atoms with Gasteiger partial charge in [0, 0.05) is 0 Å². The lowest BCUT2D eigenvalue weighted by Crippen LogP contribution is -2.15. The van der Waals surface area contributed by atoms with E-state index in [9.17, 15) is 13.2 Å². The number of aromatic nitrogens is 2. The van der Waals surface area contributed by atoms with Crippen molar-refractivity contribution in [2.24, 2.45) is 0 Å². The monoisotopic (exact) mass is 410 g/mol. The minimum absolute atomic E-state index is 0.0389. The van der Waals surface area contributed by atoms with Crippen LogP contribution in [0.4, 0.5) is 10.3 Å². The number of rotatable bonds is 7. The Morgan fingerprint density at radius 2 is 2.00 bits per heavy atom. The van der Waals surface area contributed by atoms with Gasteiger partial charge >= 0.3 is 0 Å². The Morgan fingerprint density at radius 1 is 1.29 bits per heavy atom. The first kappa shape index (κ1) is 18.7. The van der Waals surface area contributed by atoms with E-state index in [0.29, 0.717) is 10.8 Å². The number of halogens is 2. The molecule has 0 unspecified atom stereocenters. The van der Waals surface area contributed by atoms with E-state index >= 15 is 0 Å². The number of amides is 1. The average Bonchev–Trinajstić information content (AvgIpc) is 2.88. The van der Waals surface area contributed by atoms with Crippen molar-refractivity contribution >= 4 is 60.7 Å². The SMILES string of the molecule is CS(=O)(=O)Nc1nnc(NC(=O)CCOc2cccc(Cl)c2Cl)s1. The van der Waals surface area contributed by atoms with E-state index in [1.807, 2.05) is 0 Å². The smallest absolute Gasteiger partial charge is 0.231 e. The Bertz CT molecular complexity index is 841. The van der Waals surface area contributed by atoms with Crippen molar-refractivity contribution in [1.29, 1.82) is 0 Å². The maximum Gasteiger partial charge on any atom is 0.231 e. The highest BCUT2D eigenvalue weighted by molar-refractivity contribution is 7.92. The van der Waals surface area contributed by atoms with E-state index in [4.69, 9.17) is 27.9 Å². The van der Waals surface area contributed by atoms with E-state index in [0.717, 1.165) is 17.6 Å². The van der Waals surface area contributed by atoms with Crippen LogP contribution < -0.4 is 14.8 Å². The number of hydrogen-bond donors (Lipinski definition) is 2. The van der Waals surface area contributed by atoms with Gasteiger partial charge in [-0.15, -0.1) is 10.2 Å². The van der Waals surface area contributed by atoms with Crippen LogP contribution in [0.1, 0.15) is 6.42 Å². The summed E-state index contributed by atoms with van der Waals surface area (Å²) < 4.78 is 29.7. The van der Waals surface area contributed by atoms with Crippen molar-refractivity contribution in [1.82, 2.24) is 10.2 Å². The molecule has 0 aliphatic rings. The molecule has 0 aliphatic carbocycles. The summed E-state index contributed by atoms with van der Waals surface area (Å²) in [7, 11) is -3.44. The van der Waals surface area contributed by atoms with Gasteiger partial charge in [0.25, 0.3) is 0 Å². The van der Waals surface area contributed by atoms with Gasteiger partial charge in [-0.05, 0) is 12.1 Å². The van der Waals surface area contributed by atoms with Gasteiger partial charge in [-0.2, -0.15) is 0 Å². The summed E-state index contributed by atoms with van der Waals surface area (Å²) >= 11 is 12.7. The quantitative estimate of drug-likeness (QED) is 0.725. The fourth-order valence-electron chi connectivity index (χ4n) is 1.50. The van der Waals surface area contributed by atoms with Crippen molar-refractivity contribution in [2.75, 3.05) is 22.9 Å². The lowest BCUT2D eigenvalue weighted by Gasteiger charge is -2.08. The Kier molecular flexibility index (Phi) is 6.21. The number of sulfonamides is 1. The van der Waals surface area contributed by atoms with E-state index in [-0.39, 0.29) is 34.2 Å². The summed E-state index contributed by atoms with van der Waals surface area (Å²) in [6, 6.07) is 4.95. The minimum atomic E-state index is -3.44. The third-order valence-electron chi connectivity index (χ3n) is 2.45. The summed E-state index contributed by atoms with van der Waals surface area (Å²) in [4.78, 5) is 11.8. The number of benzene rings is 1. The van der Waals surface area contributed by atoms with Crippen LogP contribution in [-0.4, -0.2) is 37.4 Å². The molecule has 2 rings (SSSR count). The van der Waals surface area contributed by atoms with Crippen LogP contribution in [0.25, 0.3) is 0 Å².